The number of piperidine rings is 2. The van der Waals surface area contributed by atoms with E-state index >= 15 is 0 Å². The Bertz CT molecular complexity index is 1070. The Balaban J connectivity index is 1.45. The number of amides is 2. The number of ether oxygens (including phenoxy) is 1. The van der Waals surface area contributed by atoms with Gasteiger partial charge in [-0.05, 0) is 44.4 Å². The fraction of sp³-hybridized carbons (Fsp3) is 0.522. The first-order chi connectivity index (χ1) is 16.1. The van der Waals surface area contributed by atoms with Crippen LogP contribution in [0.2, 0.25) is 0 Å². The van der Waals surface area contributed by atoms with Crippen LogP contribution in [0.3, 0.4) is 0 Å². The average Bonchev–Trinajstić information content (AvgIpc) is 3.27. The number of aliphatic imine (C=N–C) groups is 2. The van der Waals surface area contributed by atoms with E-state index in [-0.39, 0.29) is 24.0 Å². The minimum absolute atomic E-state index is 0.0702. The second kappa shape index (κ2) is 9.56. The highest BCUT2D eigenvalue weighted by Crippen LogP contribution is 2.32. The molecule has 2 N–H and O–H groups in total. The van der Waals surface area contributed by atoms with Gasteiger partial charge in [0.1, 0.15) is 22.6 Å². The van der Waals surface area contributed by atoms with Crippen molar-refractivity contribution in [1.82, 2.24) is 20.5 Å². The Hall–Kier alpha value is -2.85. The fourth-order valence-corrected chi connectivity index (χ4v) is 5.72. The molecule has 0 aliphatic carbocycles. The molecule has 0 spiro atoms. The van der Waals surface area contributed by atoms with Gasteiger partial charge in [-0.3, -0.25) is 9.79 Å². The van der Waals surface area contributed by atoms with Gasteiger partial charge in [0.15, 0.2) is 0 Å². The van der Waals surface area contributed by atoms with Crippen molar-refractivity contribution in [1.29, 1.82) is 0 Å². The number of carbonyl (C=O) groups is 2. The Morgan fingerprint density at radius 1 is 1.24 bits per heavy atom. The molecule has 4 heterocycles. The zero-order valence-electron chi connectivity index (χ0n) is 18.6. The van der Waals surface area contributed by atoms with Crippen molar-refractivity contribution in [3.05, 3.63) is 29.3 Å². The molecule has 1 unspecified atom stereocenters. The predicted molar refractivity (Wildman–Crippen MR) is 128 cm³/mol. The molecule has 174 valence electrons. The van der Waals surface area contributed by atoms with Crippen LogP contribution in [-0.4, -0.2) is 72.9 Å². The van der Waals surface area contributed by atoms with Crippen LogP contribution in [-0.2, 0) is 9.53 Å². The summed E-state index contributed by atoms with van der Waals surface area (Å²) in [5.41, 5.74) is 0.883. The van der Waals surface area contributed by atoms with Crippen molar-refractivity contribution in [2.24, 2.45) is 15.9 Å². The molecule has 2 saturated heterocycles. The number of carbonyl (C=O) groups excluding carboxylic acids is 2. The molecule has 2 aromatic rings. The maximum absolute atomic E-state index is 13.4. The molecule has 5 rings (SSSR count). The van der Waals surface area contributed by atoms with E-state index in [0.29, 0.717) is 24.8 Å². The van der Waals surface area contributed by atoms with Crippen molar-refractivity contribution < 1.29 is 14.3 Å². The van der Waals surface area contributed by atoms with Crippen LogP contribution in [0.1, 0.15) is 36.6 Å². The van der Waals surface area contributed by atoms with E-state index in [1.165, 1.54) is 18.4 Å². The molecule has 0 radical (unpaired) electrons. The number of nitrogens with one attached hydrogen (secondary N) is 2. The summed E-state index contributed by atoms with van der Waals surface area (Å²) >= 11 is 1.52. The maximum Gasteiger partial charge on any atom is 0.409 e. The van der Waals surface area contributed by atoms with Gasteiger partial charge in [0, 0.05) is 25.6 Å². The van der Waals surface area contributed by atoms with E-state index in [1.807, 2.05) is 24.3 Å². The van der Waals surface area contributed by atoms with E-state index < -0.39 is 5.92 Å². The topological polar surface area (TPSA) is 108 Å². The lowest BCUT2D eigenvalue weighted by molar-refractivity contribution is -0.120. The number of rotatable bonds is 3. The third-order valence-corrected chi connectivity index (χ3v) is 7.57. The highest BCUT2D eigenvalue weighted by molar-refractivity contribution is 7.18. The Labute approximate surface area is 196 Å². The molecule has 2 atom stereocenters. The number of nitrogens with zero attached hydrogens (tertiary/aromatic N) is 4. The van der Waals surface area contributed by atoms with Gasteiger partial charge in [-0.15, -0.1) is 11.3 Å². The number of benzene rings is 1. The summed E-state index contributed by atoms with van der Waals surface area (Å²) in [7, 11) is 1.39. The van der Waals surface area contributed by atoms with Crippen LogP contribution in [0, 0.1) is 5.92 Å². The quantitative estimate of drug-likeness (QED) is 0.720. The number of aromatic nitrogens is 1. The van der Waals surface area contributed by atoms with Crippen LogP contribution in [0.5, 0.6) is 0 Å². The van der Waals surface area contributed by atoms with Gasteiger partial charge in [0.2, 0.25) is 5.91 Å². The Kier molecular flexibility index (Phi) is 6.37. The molecule has 0 saturated carbocycles. The molecule has 1 aromatic heterocycles. The van der Waals surface area contributed by atoms with Gasteiger partial charge in [0.05, 0.1) is 23.4 Å². The van der Waals surface area contributed by atoms with E-state index in [1.54, 1.807) is 4.90 Å². The number of methoxy groups -OCH3 is 1. The zero-order chi connectivity index (χ0) is 22.8. The first-order valence-corrected chi connectivity index (χ1v) is 12.3. The van der Waals surface area contributed by atoms with Crippen molar-refractivity contribution in [2.75, 3.05) is 33.3 Å². The molecule has 3 aliphatic heterocycles. The molecular formula is C23H28N6O3S. The summed E-state index contributed by atoms with van der Waals surface area (Å²) in [6.07, 6.45) is 3.16. The summed E-state index contributed by atoms with van der Waals surface area (Å²) < 4.78 is 5.88. The molecule has 3 aliphatic rings. The van der Waals surface area contributed by atoms with Gasteiger partial charge in [-0.1, -0.05) is 12.1 Å². The zero-order valence-corrected chi connectivity index (χ0v) is 19.4. The van der Waals surface area contributed by atoms with Gasteiger partial charge < -0.3 is 20.3 Å². The molecule has 2 amide bonds. The lowest BCUT2D eigenvalue weighted by atomic mass is 9.93. The minimum Gasteiger partial charge on any atom is -0.453 e. The third-order valence-electron chi connectivity index (χ3n) is 6.46. The molecule has 0 bridgehead atoms. The summed E-state index contributed by atoms with van der Waals surface area (Å²) in [6, 6.07) is 8.00. The average molecular weight is 469 g/mol. The van der Waals surface area contributed by atoms with Gasteiger partial charge in [-0.2, -0.15) is 0 Å². The molecule has 33 heavy (non-hydrogen) atoms. The van der Waals surface area contributed by atoms with Crippen LogP contribution in [0.25, 0.3) is 10.2 Å². The van der Waals surface area contributed by atoms with Gasteiger partial charge in [0.25, 0.3) is 0 Å². The predicted octanol–water partition coefficient (Wildman–Crippen LogP) is 2.54. The molecule has 9 nitrogen and oxygen atoms in total. The molecular weight excluding hydrogens is 440 g/mol. The van der Waals surface area contributed by atoms with E-state index in [9.17, 15) is 9.59 Å². The van der Waals surface area contributed by atoms with Crippen LogP contribution >= 0.6 is 11.3 Å². The lowest BCUT2D eigenvalue weighted by Gasteiger charge is -2.33. The Morgan fingerprint density at radius 2 is 2.06 bits per heavy atom. The van der Waals surface area contributed by atoms with Crippen LogP contribution in [0.4, 0.5) is 4.79 Å². The number of likely N-dealkylation sites (tertiary alicyclic amines) is 1. The van der Waals surface area contributed by atoms with Crippen molar-refractivity contribution >= 4 is 45.2 Å². The van der Waals surface area contributed by atoms with Crippen molar-refractivity contribution in [3.63, 3.8) is 0 Å². The molecule has 10 heteroatoms. The lowest BCUT2D eigenvalue weighted by Crippen LogP contribution is -2.49. The number of amidine groups is 2. The third kappa shape index (κ3) is 4.63. The molecule has 1 aromatic carbocycles. The minimum atomic E-state index is -0.608. The number of hydrogen-bond donors (Lipinski definition) is 2. The maximum atomic E-state index is 13.4. The number of hydrogen-bond acceptors (Lipinski definition) is 7. The number of para-hydroxylation sites is 1. The molecule has 2 fully saturated rings. The standard InChI is InChI=1S/C23H28N6O3S/c1-32-23(31)29-11-8-14(9-12-29)19-27-20(25-15-5-4-10-24-13-15)18(21(30)28-19)22-26-16-6-2-3-7-17(16)33-22/h2-3,6-7,14-15,18,24H,4-5,8-13H2,1H3,(H,25,27,28,30)/t15-,18?/m1/s1. The van der Waals surface area contributed by atoms with Crippen molar-refractivity contribution in [3.8, 4) is 0 Å². The first kappa shape index (κ1) is 22.0. The van der Waals surface area contributed by atoms with E-state index in [4.69, 9.17) is 19.7 Å². The summed E-state index contributed by atoms with van der Waals surface area (Å²) in [5, 5.41) is 7.16. The summed E-state index contributed by atoms with van der Waals surface area (Å²) in [5.74, 6) is 0.544. The monoisotopic (exact) mass is 468 g/mol. The first-order valence-electron chi connectivity index (χ1n) is 11.5. The summed E-state index contributed by atoms with van der Waals surface area (Å²) in [6.45, 7) is 2.94. The fourth-order valence-electron chi connectivity index (χ4n) is 4.66. The Morgan fingerprint density at radius 3 is 2.79 bits per heavy atom. The highest BCUT2D eigenvalue weighted by atomic mass is 32.1. The second-order valence-electron chi connectivity index (χ2n) is 8.66. The largest absolute Gasteiger partial charge is 0.453 e. The number of thiazole rings is 1. The van der Waals surface area contributed by atoms with E-state index in [0.717, 1.165) is 54.0 Å². The SMILES string of the molecule is COC(=O)N1CCC(C2=NC(=N[C@@H]3CCCNC3)C(c3nc4ccccc4s3)C(=O)N2)CC1. The highest BCUT2D eigenvalue weighted by Gasteiger charge is 2.38. The van der Waals surface area contributed by atoms with Crippen LogP contribution < -0.4 is 10.6 Å². The van der Waals surface area contributed by atoms with Crippen molar-refractivity contribution in [2.45, 2.75) is 37.6 Å². The number of fused-ring (bicyclic) bond motifs is 1. The van der Waals surface area contributed by atoms with Gasteiger partial charge >= 0.3 is 6.09 Å². The normalized spacial score (nSPS) is 25.7. The van der Waals surface area contributed by atoms with E-state index in [2.05, 4.69) is 10.6 Å². The second-order valence-corrected chi connectivity index (χ2v) is 9.72. The van der Waals surface area contributed by atoms with Crippen LogP contribution in [0.15, 0.2) is 34.3 Å². The summed E-state index contributed by atoms with van der Waals surface area (Å²) in [4.78, 5) is 41.5. The smallest absolute Gasteiger partial charge is 0.409 e. The van der Waals surface area contributed by atoms with Gasteiger partial charge in [-0.25, -0.2) is 14.8 Å².